The zero-order chi connectivity index (χ0) is 16.2. The highest BCUT2D eigenvalue weighted by Crippen LogP contribution is 2.20. The first kappa shape index (κ1) is 16.8. The van der Waals surface area contributed by atoms with Crippen LogP contribution in [0.3, 0.4) is 0 Å². The second-order valence-corrected chi connectivity index (χ2v) is 7.46. The number of para-hydroxylation sites is 1. The molecule has 0 atom stereocenters. The zero-order valence-corrected chi connectivity index (χ0v) is 14.3. The average Bonchev–Trinajstić information content (AvgIpc) is 2.74. The Morgan fingerprint density at radius 3 is 2.45 bits per heavy atom. The molecule has 0 radical (unpaired) electrons. The summed E-state index contributed by atoms with van der Waals surface area (Å²) in [5, 5.41) is 0. The van der Waals surface area contributed by atoms with Gasteiger partial charge >= 0.3 is 0 Å². The van der Waals surface area contributed by atoms with Gasteiger partial charge in [-0.1, -0.05) is 25.1 Å². The quantitative estimate of drug-likeness (QED) is 0.852. The number of nitrogens with one attached hydrogen (secondary N) is 1. The third-order valence-corrected chi connectivity index (χ3v) is 5.33. The van der Waals surface area contributed by atoms with Crippen molar-refractivity contribution in [3.63, 3.8) is 0 Å². The molecule has 1 N–H and O–H groups in total. The van der Waals surface area contributed by atoms with Crippen LogP contribution in [0.1, 0.15) is 30.3 Å². The molecule has 0 unspecified atom stereocenters. The minimum Gasteiger partial charge on any atom is -0.318 e. The van der Waals surface area contributed by atoms with E-state index in [4.69, 9.17) is 0 Å². The Kier molecular flexibility index (Phi) is 5.42. The molecule has 2 aromatic rings. The summed E-state index contributed by atoms with van der Waals surface area (Å²) in [6, 6.07) is 12.3. The molecule has 0 saturated carbocycles. The summed E-state index contributed by atoms with van der Waals surface area (Å²) >= 11 is 0. The van der Waals surface area contributed by atoms with Crippen LogP contribution in [0.5, 0.6) is 0 Å². The van der Waals surface area contributed by atoms with Gasteiger partial charge in [-0.2, -0.15) is 0 Å². The maximum absolute atomic E-state index is 11.7. The van der Waals surface area contributed by atoms with Crippen LogP contribution < -0.4 is 4.72 Å². The molecule has 4 nitrogen and oxygen atoms in total. The molecule has 0 spiro atoms. The van der Waals surface area contributed by atoms with Gasteiger partial charge in [0.2, 0.25) is 10.0 Å². The van der Waals surface area contributed by atoms with Crippen LogP contribution in [0.2, 0.25) is 0 Å². The molecule has 2 rings (SSSR count). The predicted molar refractivity (Wildman–Crippen MR) is 91.0 cm³/mol. The van der Waals surface area contributed by atoms with E-state index in [-0.39, 0.29) is 5.75 Å². The van der Waals surface area contributed by atoms with E-state index < -0.39 is 10.0 Å². The molecule has 0 amide bonds. The Labute approximate surface area is 133 Å². The fourth-order valence-electron chi connectivity index (χ4n) is 2.74. The van der Waals surface area contributed by atoms with Gasteiger partial charge in [0, 0.05) is 23.6 Å². The van der Waals surface area contributed by atoms with E-state index >= 15 is 0 Å². The van der Waals surface area contributed by atoms with Crippen LogP contribution in [-0.4, -0.2) is 25.3 Å². The molecule has 5 heteroatoms. The number of sulfonamides is 1. The van der Waals surface area contributed by atoms with Gasteiger partial charge in [-0.05, 0) is 50.5 Å². The molecule has 0 aliphatic rings. The zero-order valence-electron chi connectivity index (χ0n) is 13.5. The largest absolute Gasteiger partial charge is 0.318 e. The molecule has 0 bridgehead atoms. The standard InChI is InChI=1S/C17H24N2O2S/c1-4-12-22(20,21)18-11-10-16-13-14(2)19(15(16)3)17-8-6-5-7-9-17/h5-9,13,18H,4,10-12H2,1-3H3. The Hall–Kier alpha value is -1.59. The topological polar surface area (TPSA) is 51.1 Å². The van der Waals surface area contributed by atoms with Gasteiger partial charge in [0.15, 0.2) is 0 Å². The van der Waals surface area contributed by atoms with E-state index in [0.717, 1.165) is 11.4 Å². The van der Waals surface area contributed by atoms with E-state index in [0.29, 0.717) is 19.4 Å². The van der Waals surface area contributed by atoms with Crippen LogP contribution in [0, 0.1) is 13.8 Å². The second kappa shape index (κ2) is 7.11. The van der Waals surface area contributed by atoms with Gasteiger partial charge in [-0.3, -0.25) is 0 Å². The third kappa shape index (κ3) is 3.99. The minimum atomic E-state index is -3.13. The van der Waals surface area contributed by atoms with Crippen molar-refractivity contribution in [2.24, 2.45) is 0 Å². The lowest BCUT2D eigenvalue weighted by atomic mass is 10.2. The normalized spacial score (nSPS) is 11.8. The lowest BCUT2D eigenvalue weighted by molar-refractivity contribution is 0.580. The number of aryl methyl sites for hydroxylation is 1. The fourth-order valence-corrected chi connectivity index (χ4v) is 3.83. The summed E-state index contributed by atoms with van der Waals surface area (Å²) in [7, 11) is -3.13. The first-order chi connectivity index (χ1) is 10.4. The van der Waals surface area contributed by atoms with Crippen LogP contribution in [-0.2, 0) is 16.4 Å². The van der Waals surface area contributed by atoms with E-state index in [1.54, 1.807) is 0 Å². The number of hydrogen-bond acceptors (Lipinski definition) is 2. The van der Waals surface area contributed by atoms with Crippen molar-refractivity contribution in [2.45, 2.75) is 33.6 Å². The maximum Gasteiger partial charge on any atom is 0.211 e. The predicted octanol–water partition coefficient (Wildman–Crippen LogP) is 2.97. The summed E-state index contributed by atoms with van der Waals surface area (Å²) < 4.78 is 28.2. The molecule has 120 valence electrons. The van der Waals surface area contributed by atoms with Crippen molar-refractivity contribution in [1.29, 1.82) is 0 Å². The van der Waals surface area contributed by atoms with Crippen LogP contribution >= 0.6 is 0 Å². The van der Waals surface area contributed by atoms with E-state index in [1.165, 1.54) is 11.3 Å². The van der Waals surface area contributed by atoms with E-state index in [1.807, 2.05) is 25.1 Å². The molecule has 0 aliphatic carbocycles. The molecule has 0 saturated heterocycles. The first-order valence-electron chi connectivity index (χ1n) is 7.65. The van der Waals surface area contributed by atoms with Gasteiger partial charge in [-0.15, -0.1) is 0 Å². The smallest absolute Gasteiger partial charge is 0.211 e. The van der Waals surface area contributed by atoms with Crippen molar-refractivity contribution >= 4 is 10.0 Å². The molecule has 0 fully saturated rings. The monoisotopic (exact) mass is 320 g/mol. The number of rotatable bonds is 7. The second-order valence-electron chi connectivity index (χ2n) is 5.53. The van der Waals surface area contributed by atoms with Gasteiger partial charge in [0.25, 0.3) is 0 Å². The van der Waals surface area contributed by atoms with Gasteiger partial charge in [-0.25, -0.2) is 13.1 Å². The number of aromatic nitrogens is 1. The van der Waals surface area contributed by atoms with Gasteiger partial charge < -0.3 is 4.57 Å². The average molecular weight is 320 g/mol. The van der Waals surface area contributed by atoms with Crippen molar-refractivity contribution < 1.29 is 8.42 Å². The summed E-state index contributed by atoms with van der Waals surface area (Å²) in [6.07, 6.45) is 1.34. The van der Waals surface area contributed by atoms with Crippen molar-refractivity contribution in [1.82, 2.24) is 9.29 Å². The van der Waals surface area contributed by atoms with Crippen LogP contribution in [0.25, 0.3) is 5.69 Å². The Balaban J connectivity index is 2.11. The number of nitrogens with zero attached hydrogens (tertiary/aromatic N) is 1. The van der Waals surface area contributed by atoms with Crippen molar-refractivity contribution in [3.05, 3.63) is 53.3 Å². The van der Waals surface area contributed by atoms with Gasteiger partial charge in [0.05, 0.1) is 5.75 Å². The Bertz CT molecular complexity index is 719. The lowest BCUT2D eigenvalue weighted by Crippen LogP contribution is -2.28. The van der Waals surface area contributed by atoms with Crippen LogP contribution in [0.15, 0.2) is 36.4 Å². The molecule has 1 heterocycles. The molecular weight excluding hydrogens is 296 g/mol. The highest BCUT2D eigenvalue weighted by Gasteiger charge is 2.12. The summed E-state index contributed by atoms with van der Waals surface area (Å²) in [6.45, 7) is 6.47. The molecule has 22 heavy (non-hydrogen) atoms. The highest BCUT2D eigenvalue weighted by molar-refractivity contribution is 7.89. The summed E-state index contributed by atoms with van der Waals surface area (Å²) in [5.41, 5.74) is 4.64. The van der Waals surface area contributed by atoms with Crippen LogP contribution in [0.4, 0.5) is 0 Å². The van der Waals surface area contributed by atoms with Crippen molar-refractivity contribution in [3.8, 4) is 5.69 Å². The molecule has 0 aliphatic heterocycles. The summed E-state index contributed by atoms with van der Waals surface area (Å²) in [4.78, 5) is 0. The molecule has 1 aromatic carbocycles. The molecule has 1 aromatic heterocycles. The SMILES string of the molecule is CCCS(=O)(=O)NCCc1cc(C)n(-c2ccccc2)c1C. The summed E-state index contributed by atoms with van der Waals surface area (Å²) in [5.74, 6) is 0.191. The lowest BCUT2D eigenvalue weighted by Gasteiger charge is -2.10. The third-order valence-electron chi connectivity index (χ3n) is 3.74. The van der Waals surface area contributed by atoms with Gasteiger partial charge in [0.1, 0.15) is 0 Å². The minimum absolute atomic E-state index is 0.191. The Morgan fingerprint density at radius 2 is 1.82 bits per heavy atom. The Morgan fingerprint density at radius 1 is 1.14 bits per heavy atom. The highest BCUT2D eigenvalue weighted by atomic mass is 32.2. The first-order valence-corrected chi connectivity index (χ1v) is 9.30. The van der Waals surface area contributed by atoms with E-state index in [2.05, 4.69) is 41.3 Å². The molecular formula is C17H24N2O2S. The maximum atomic E-state index is 11.7. The van der Waals surface area contributed by atoms with E-state index in [9.17, 15) is 8.42 Å². The van der Waals surface area contributed by atoms with Crippen molar-refractivity contribution in [2.75, 3.05) is 12.3 Å². The fraction of sp³-hybridized carbons (Fsp3) is 0.412. The number of benzene rings is 1. The number of hydrogen-bond donors (Lipinski definition) is 1.